The molecule has 0 unspecified atom stereocenters. The lowest BCUT2D eigenvalue weighted by Crippen LogP contribution is -2.00. The Bertz CT molecular complexity index is 556. The summed E-state index contributed by atoms with van der Waals surface area (Å²) in [6.07, 6.45) is 0. The van der Waals surface area contributed by atoms with Crippen molar-refractivity contribution in [1.29, 1.82) is 0 Å². The van der Waals surface area contributed by atoms with Gasteiger partial charge in [-0.25, -0.2) is 4.39 Å². The molecular weight excluding hydrogens is 231 g/mol. The van der Waals surface area contributed by atoms with Gasteiger partial charge in [0.2, 0.25) is 0 Å². The second-order valence-electron chi connectivity index (χ2n) is 4.16. The zero-order valence-corrected chi connectivity index (χ0v) is 10.6. The van der Waals surface area contributed by atoms with Gasteiger partial charge in [0, 0.05) is 0 Å². The molecule has 2 aromatic carbocycles. The second-order valence-corrected chi connectivity index (χ2v) is 4.57. The fraction of sp³-hybridized carbons (Fsp3) is 0.133. The largest absolute Gasteiger partial charge is 0.207 e. The van der Waals surface area contributed by atoms with Gasteiger partial charge in [0.05, 0.1) is 4.86 Å². The molecule has 0 N–H and O–H groups in total. The SMILES string of the molecule is Cc1ccc(C(=S)c2ccc(C)c(F)c2)cc1. The second kappa shape index (κ2) is 4.76. The first-order valence-corrected chi connectivity index (χ1v) is 5.86. The summed E-state index contributed by atoms with van der Waals surface area (Å²) in [6, 6.07) is 13.1. The third-order valence-electron chi connectivity index (χ3n) is 2.75. The minimum absolute atomic E-state index is 0.211. The zero-order chi connectivity index (χ0) is 12.4. The van der Waals surface area contributed by atoms with E-state index in [4.69, 9.17) is 12.2 Å². The number of hydrogen-bond acceptors (Lipinski definition) is 1. The van der Waals surface area contributed by atoms with Gasteiger partial charge >= 0.3 is 0 Å². The summed E-state index contributed by atoms with van der Waals surface area (Å²) in [5, 5.41) is 0. The normalized spacial score (nSPS) is 10.3. The predicted octanol–water partition coefficient (Wildman–Crippen LogP) is 4.21. The van der Waals surface area contributed by atoms with Gasteiger partial charge in [-0.3, -0.25) is 0 Å². The molecule has 0 heterocycles. The molecule has 2 aromatic rings. The van der Waals surface area contributed by atoms with Crippen LogP contribution in [-0.2, 0) is 0 Å². The van der Waals surface area contributed by atoms with Crippen LogP contribution in [0.3, 0.4) is 0 Å². The third-order valence-corrected chi connectivity index (χ3v) is 3.22. The quantitative estimate of drug-likeness (QED) is 0.563. The maximum Gasteiger partial charge on any atom is 0.126 e. The van der Waals surface area contributed by atoms with E-state index in [9.17, 15) is 4.39 Å². The standard InChI is InChI=1S/C15H13FS/c1-10-3-6-12(7-4-10)15(17)13-8-5-11(2)14(16)9-13/h3-9H,1-2H3. The number of thiocarbonyl (C=S) groups is 1. The minimum Gasteiger partial charge on any atom is -0.207 e. The molecule has 2 heteroatoms. The van der Waals surface area contributed by atoms with Crippen LogP contribution in [0.4, 0.5) is 4.39 Å². The highest BCUT2D eigenvalue weighted by atomic mass is 32.1. The molecule has 17 heavy (non-hydrogen) atoms. The molecule has 0 saturated heterocycles. The van der Waals surface area contributed by atoms with Crippen LogP contribution in [0.2, 0.25) is 0 Å². The van der Waals surface area contributed by atoms with E-state index in [2.05, 4.69) is 0 Å². The average molecular weight is 244 g/mol. The van der Waals surface area contributed by atoms with Crippen LogP contribution >= 0.6 is 12.2 Å². The molecule has 0 aromatic heterocycles. The summed E-state index contributed by atoms with van der Waals surface area (Å²) in [6.45, 7) is 3.77. The van der Waals surface area contributed by atoms with Crippen molar-refractivity contribution in [2.75, 3.05) is 0 Å². The fourth-order valence-electron chi connectivity index (χ4n) is 1.61. The first kappa shape index (κ1) is 11.9. The van der Waals surface area contributed by atoms with Crippen molar-refractivity contribution in [2.45, 2.75) is 13.8 Å². The number of aryl methyl sites for hydroxylation is 2. The average Bonchev–Trinajstić information content (AvgIpc) is 2.33. The lowest BCUT2D eigenvalue weighted by molar-refractivity contribution is 0.618. The summed E-state index contributed by atoms with van der Waals surface area (Å²) < 4.78 is 13.5. The van der Waals surface area contributed by atoms with Crippen LogP contribution in [0.15, 0.2) is 42.5 Å². The number of halogens is 1. The maximum absolute atomic E-state index is 13.5. The Balaban J connectivity index is 2.37. The summed E-state index contributed by atoms with van der Waals surface area (Å²) in [7, 11) is 0. The van der Waals surface area contributed by atoms with Gasteiger partial charge in [-0.1, -0.05) is 54.2 Å². The van der Waals surface area contributed by atoms with E-state index in [-0.39, 0.29) is 5.82 Å². The molecule has 0 atom stereocenters. The van der Waals surface area contributed by atoms with Crippen molar-refractivity contribution < 1.29 is 4.39 Å². The Morgan fingerprint density at radius 3 is 2.12 bits per heavy atom. The molecule has 0 aliphatic heterocycles. The zero-order valence-electron chi connectivity index (χ0n) is 9.83. The topological polar surface area (TPSA) is 0 Å². The molecule has 0 radical (unpaired) electrons. The molecule has 86 valence electrons. The number of hydrogen-bond donors (Lipinski definition) is 0. The van der Waals surface area contributed by atoms with Crippen LogP contribution in [0, 0.1) is 19.7 Å². The van der Waals surface area contributed by atoms with E-state index in [0.29, 0.717) is 10.4 Å². The Hall–Kier alpha value is -1.54. The van der Waals surface area contributed by atoms with Crippen molar-refractivity contribution in [3.05, 3.63) is 70.5 Å². The van der Waals surface area contributed by atoms with E-state index in [1.54, 1.807) is 13.0 Å². The van der Waals surface area contributed by atoms with Gasteiger partial charge < -0.3 is 0 Å². The highest BCUT2D eigenvalue weighted by Gasteiger charge is 2.06. The van der Waals surface area contributed by atoms with E-state index >= 15 is 0 Å². The summed E-state index contributed by atoms with van der Waals surface area (Å²) in [5.74, 6) is -0.211. The Morgan fingerprint density at radius 1 is 0.941 bits per heavy atom. The van der Waals surface area contributed by atoms with Gasteiger partial charge in [0.25, 0.3) is 0 Å². The van der Waals surface area contributed by atoms with Gasteiger partial charge in [-0.2, -0.15) is 0 Å². The molecule has 0 saturated carbocycles. The third kappa shape index (κ3) is 2.59. The molecule has 0 bridgehead atoms. The van der Waals surface area contributed by atoms with Crippen molar-refractivity contribution in [2.24, 2.45) is 0 Å². The monoisotopic (exact) mass is 244 g/mol. The van der Waals surface area contributed by atoms with Crippen LogP contribution in [-0.4, -0.2) is 4.86 Å². The maximum atomic E-state index is 13.5. The summed E-state index contributed by atoms with van der Waals surface area (Å²) in [5.41, 5.74) is 3.54. The van der Waals surface area contributed by atoms with Crippen molar-refractivity contribution in [1.82, 2.24) is 0 Å². The van der Waals surface area contributed by atoms with E-state index < -0.39 is 0 Å². The Morgan fingerprint density at radius 2 is 1.53 bits per heavy atom. The van der Waals surface area contributed by atoms with Crippen molar-refractivity contribution in [3.63, 3.8) is 0 Å². The summed E-state index contributed by atoms with van der Waals surface area (Å²) in [4.78, 5) is 0.684. The lowest BCUT2D eigenvalue weighted by Gasteiger charge is -2.06. The molecule has 0 nitrogen and oxygen atoms in total. The first-order chi connectivity index (χ1) is 8.08. The molecule has 0 aliphatic carbocycles. The van der Waals surface area contributed by atoms with Gasteiger partial charge in [0.1, 0.15) is 5.82 Å². The van der Waals surface area contributed by atoms with E-state index in [1.807, 2.05) is 37.3 Å². The van der Waals surface area contributed by atoms with Gasteiger partial charge in [0.15, 0.2) is 0 Å². The number of benzene rings is 2. The smallest absolute Gasteiger partial charge is 0.126 e. The lowest BCUT2D eigenvalue weighted by atomic mass is 10.0. The fourth-order valence-corrected chi connectivity index (χ4v) is 1.87. The number of rotatable bonds is 2. The van der Waals surface area contributed by atoms with Crippen LogP contribution in [0.1, 0.15) is 22.3 Å². The molecule has 2 rings (SSSR count). The van der Waals surface area contributed by atoms with Crippen LogP contribution < -0.4 is 0 Å². The molecular formula is C15H13FS. The highest BCUT2D eigenvalue weighted by Crippen LogP contribution is 2.15. The van der Waals surface area contributed by atoms with E-state index in [0.717, 1.165) is 11.1 Å². The van der Waals surface area contributed by atoms with Gasteiger partial charge in [-0.05, 0) is 36.6 Å². The predicted molar refractivity (Wildman–Crippen MR) is 73.1 cm³/mol. The summed E-state index contributed by atoms with van der Waals surface area (Å²) >= 11 is 5.37. The molecule has 0 amide bonds. The molecule has 0 spiro atoms. The van der Waals surface area contributed by atoms with Crippen molar-refractivity contribution >= 4 is 17.1 Å². The van der Waals surface area contributed by atoms with Gasteiger partial charge in [-0.15, -0.1) is 0 Å². The van der Waals surface area contributed by atoms with E-state index in [1.165, 1.54) is 11.6 Å². The first-order valence-electron chi connectivity index (χ1n) is 5.45. The van der Waals surface area contributed by atoms with Crippen LogP contribution in [0.25, 0.3) is 0 Å². The minimum atomic E-state index is -0.211. The molecule has 0 aliphatic rings. The highest BCUT2D eigenvalue weighted by molar-refractivity contribution is 7.81. The van der Waals surface area contributed by atoms with Crippen molar-refractivity contribution in [3.8, 4) is 0 Å². The van der Waals surface area contributed by atoms with Crippen LogP contribution in [0.5, 0.6) is 0 Å². The Labute approximate surface area is 106 Å². The Kier molecular flexibility index (Phi) is 3.34. The molecule has 0 fully saturated rings.